The molecule has 1 atom stereocenters. The predicted octanol–water partition coefficient (Wildman–Crippen LogP) is 3.15. The molecule has 0 saturated carbocycles. The molecule has 2 rings (SSSR count). The third kappa shape index (κ3) is 3.45. The van der Waals surface area contributed by atoms with Crippen molar-refractivity contribution in [3.05, 3.63) is 46.6 Å². The van der Waals surface area contributed by atoms with Gasteiger partial charge in [0.1, 0.15) is 0 Å². The molecule has 114 valence electrons. The average molecular weight is 287 g/mol. The summed E-state index contributed by atoms with van der Waals surface area (Å²) in [7, 11) is 3.59. The van der Waals surface area contributed by atoms with Crippen molar-refractivity contribution in [3.8, 4) is 5.88 Å². The van der Waals surface area contributed by atoms with Gasteiger partial charge in [-0.2, -0.15) is 5.10 Å². The highest BCUT2D eigenvalue weighted by atomic mass is 16.5. The van der Waals surface area contributed by atoms with E-state index in [1.807, 2.05) is 14.0 Å². The van der Waals surface area contributed by atoms with Crippen LogP contribution in [-0.2, 0) is 20.0 Å². The van der Waals surface area contributed by atoms with Gasteiger partial charge in [0.15, 0.2) is 0 Å². The maximum absolute atomic E-state index is 5.43. The molecule has 4 nitrogen and oxygen atoms in total. The van der Waals surface area contributed by atoms with Crippen LogP contribution >= 0.6 is 0 Å². The first kappa shape index (κ1) is 15.6. The van der Waals surface area contributed by atoms with E-state index >= 15 is 0 Å². The zero-order valence-corrected chi connectivity index (χ0v) is 13.6. The summed E-state index contributed by atoms with van der Waals surface area (Å²) in [6.07, 6.45) is 1.08. The summed E-state index contributed by atoms with van der Waals surface area (Å²) in [6, 6.07) is 9.08. The molecular formula is C17H25N3O. The van der Waals surface area contributed by atoms with Gasteiger partial charge in [-0.3, -0.25) is 0 Å². The first-order valence-electron chi connectivity index (χ1n) is 7.45. The molecule has 1 aromatic carbocycles. The molecule has 0 aliphatic heterocycles. The van der Waals surface area contributed by atoms with Crippen molar-refractivity contribution in [1.29, 1.82) is 0 Å². The van der Waals surface area contributed by atoms with Gasteiger partial charge in [0.25, 0.3) is 0 Å². The van der Waals surface area contributed by atoms with Gasteiger partial charge in [-0.05, 0) is 31.4 Å². The Kier molecular flexibility index (Phi) is 5.02. The molecule has 0 saturated heterocycles. The largest absolute Gasteiger partial charge is 0.481 e. The van der Waals surface area contributed by atoms with Crippen molar-refractivity contribution < 1.29 is 4.74 Å². The maximum Gasteiger partial charge on any atom is 0.216 e. The fourth-order valence-corrected chi connectivity index (χ4v) is 2.55. The second kappa shape index (κ2) is 6.76. The molecule has 1 aromatic heterocycles. The summed E-state index contributed by atoms with van der Waals surface area (Å²) < 4.78 is 7.21. The molecule has 2 aromatic rings. The van der Waals surface area contributed by atoms with Gasteiger partial charge in [-0.25, -0.2) is 4.68 Å². The van der Waals surface area contributed by atoms with Crippen molar-refractivity contribution >= 4 is 0 Å². The molecule has 21 heavy (non-hydrogen) atoms. The highest BCUT2D eigenvalue weighted by molar-refractivity contribution is 5.31. The van der Waals surface area contributed by atoms with Crippen LogP contribution in [0.3, 0.4) is 0 Å². The van der Waals surface area contributed by atoms with E-state index in [-0.39, 0.29) is 0 Å². The van der Waals surface area contributed by atoms with Crippen LogP contribution in [0.15, 0.2) is 24.3 Å². The average Bonchev–Trinajstić information content (AvgIpc) is 2.78. The minimum Gasteiger partial charge on any atom is -0.481 e. The number of nitrogens with one attached hydrogen (secondary N) is 1. The molecule has 4 heteroatoms. The highest BCUT2D eigenvalue weighted by Crippen LogP contribution is 2.22. The number of ether oxygens (including phenoxy) is 1. The number of rotatable bonds is 6. The first-order chi connectivity index (χ1) is 10.1. The zero-order chi connectivity index (χ0) is 15.4. The standard InChI is InChI=1S/C17H25N3O/c1-6-14-7-9-15(10-8-14)12(2)18-11-16-13(3)19-20(4)17(16)21-5/h7-10,12,18H,6,11H2,1-5H3. The summed E-state index contributed by atoms with van der Waals surface area (Å²) in [4.78, 5) is 0. The summed E-state index contributed by atoms with van der Waals surface area (Å²) in [6.45, 7) is 7.12. The number of hydrogen-bond acceptors (Lipinski definition) is 3. The third-order valence-electron chi connectivity index (χ3n) is 3.96. The monoisotopic (exact) mass is 287 g/mol. The van der Waals surface area contributed by atoms with E-state index in [4.69, 9.17) is 4.74 Å². The third-order valence-corrected chi connectivity index (χ3v) is 3.96. The van der Waals surface area contributed by atoms with Crippen LogP contribution in [0.4, 0.5) is 0 Å². The quantitative estimate of drug-likeness (QED) is 0.887. The Balaban J connectivity index is 2.05. The molecule has 1 unspecified atom stereocenters. The van der Waals surface area contributed by atoms with E-state index in [1.54, 1.807) is 11.8 Å². The second-order valence-electron chi connectivity index (χ2n) is 5.39. The van der Waals surface area contributed by atoms with Crippen molar-refractivity contribution in [3.63, 3.8) is 0 Å². The topological polar surface area (TPSA) is 39.1 Å². The van der Waals surface area contributed by atoms with Crippen LogP contribution in [0.5, 0.6) is 5.88 Å². The Morgan fingerprint density at radius 1 is 1.29 bits per heavy atom. The van der Waals surface area contributed by atoms with Crippen molar-refractivity contribution in [2.45, 2.75) is 39.8 Å². The van der Waals surface area contributed by atoms with E-state index < -0.39 is 0 Å². The molecule has 1 heterocycles. The number of benzene rings is 1. The molecule has 0 aliphatic carbocycles. The number of aromatic nitrogens is 2. The van der Waals surface area contributed by atoms with Crippen LogP contribution in [0.1, 0.15) is 42.3 Å². The number of nitrogens with zero attached hydrogens (tertiary/aromatic N) is 2. The second-order valence-corrected chi connectivity index (χ2v) is 5.39. The Labute approximate surface area is 127 Å². The molecule has 0 fully saturated rings. The van der Waals surface area contributed by atoms with E-state index in [2.05, 4.69) is 48.5 Å². The summed E-state index contributed by atoms with van der Waals surface area (Å²) in [5.41, 5.74) is 4.80. The van der Waals surface area contributed by atoms with Crippen LogP contribution in [0.2, 0.25) is 0 Å². The normalized spacial score (nSPS) is 12.4. The predicted molar refractivity (Wildman–Crippen MR) is 85.6 cm³/mol. The van der Waals surface area contributed by atoms with Gasteiger partial charge in [-0.15, -0.1) is 0 Å². The molecule has 1 N–H and O–H groups in total. The fourth-order valence-electron chi connectivity index (χ4n) is 2.55. The van der Waals surface area contributed by atoms with E-state index in [1.165, 1.54) is 11.1 Å². The summed E-state index contributed by atoms with van der Waals surface area (Å²) >= 11 is 0. The summed E-state index contributed by atoms with van der Waals surface area (Å²) in [5, 5.41) is 7.96. The Hall–Kier alpha value is -1.81. The smallest absolute Gasteiger partial charge is 0.216 e. The van der Waals surface area contributed by atoms with Gasteiger partial charge in [0.05, 0.1) is 18.4 Å². The number of aryl methyl sites for hydroxylation is 3. The minimum atomic E-state index is 0.292. The van der Waals surface area contributed by atoms with Gasteiger partial charge < -0.3 is 10.1 Å². The molecular weight excluding hydrogens is 262 g/mol. The Morgan fingerprint density at radius 3 is 2.52 bits per heavy atom. The minimum absolute atomic E-state index is 0.292. The lowest BCUT2D eigenvalue weighted by atomic mass is 10.0. The van der Waals surface area contributed by atoms with Crippen molar-refractivity contribution in [2.24, 2.45) is 7.05 Å². The van der Waals surface area contributed by atoms with Crippen molar-refractivity contribution in [2.75, 3.05) is 7.11 Å². The van der Waals surface area contributed by atoms with E-state index in [9.17, 15) is 0 Å². The molecule has 0 bridgehead atoms. The number of hydrogen-bond donors (Lipinski definition) is 1. The Bertz CT molecular complexity index is 587. The number of methoxy groups -OCH3 is 1. The van der Waals surface area contributed by atoms with Crippen LogP contribution in [-0.4, -0.2) is 16.9 Å². The lowest BCUT2D eigenvalue weighted by molar-refractivity contribution is 0.367. The van der Waals surface area contributed by atoms with Crippen LogP contribution in [0, 0.1) is 6.92 Å². The van der Waals surface area contributed by atoms with Gasteiger partial charge in [0, 0.05) is 19.6 Å². The van der Waals surface area contributed by atoms with Gasteiger partial charge in [0.2, 0.25) is 5.88 Å². The van der Waals surface area contributed by atoms with Crippen LogP contribution in [0.25, 0.3) is 0 Å². The van der Waals surface area contributed by atoms with Gasteiger partial charge >= 0.3 is 0 Å². The fraction of sp³-hybridized carbons (Fsp3) is 0.471. The molecule has 0 aliphatic rings. The van der Waals surface area contributed by atoms with Crippen molar-refractivity contribution in [1.82, 2.24) is 15.1 Å². The molecule has 0 spiro atoms. The molecule has 0 amide bonds. The lowest BCUT2D eigenvalue weighted by Crippen LogP contribution is -2.18. The SMILES string of the molecule is CCc1ccc(C(C)NCc2c(C)nn(C)c2OC)cc1. The first-order valence-corrected chi connectivity index (χ1v) is 7.45. The van der Waals surface area contributed by atoms with E-state index in [0.717, 1.165) is 30.1 Å². The maximum atomic E-state index is 5.43. The summed E-state index contributed by atoms with van der Waals surface area (Å²) in [5.74, 6) is 0.827. The van der Waals surface area contributed by atoms with E-state index in [0.29, 0.717) is 6.04 Å². The molecule has 0 radical (unpaired) electrons. The van der Waals surface area contributed by atoms with Crippen LogP contribution < -0.4 is 10.1 Å². The Morgan fingerprint density at radius 2 is 1.95 bits per heavy atom. The lowest BCUT2D eigenvalue weighted by Gasteiger charge is -2.15. The van der Waals surface area contributed by atoms with Gasteiger partial charge in [-0.1, -0.05) is 31.2 Å². The highest BCUT2D eigenvalue weighted by Gasteiger charge is 2.14. The zero-order valence-electron chi connectivity index (χ0n) is 13.6.